The number of likely N-dealkylation sites (tertiary alicyclic amines) is 1. The zero-order chi connectivity index (χ0) is 32.6. The molecule has 1 amide bonds. The maximum absolute atomic E-state index is 14.2. The normalized spacial score (nSPS) is 19.8. The Bertz CT molecular complexity index is 1620. The van der Waals surface area contributed by atoms with E-state index in [2.05, 4.69) is 14.9 Å². The largest absolute Gasteiger partial charge is 0.462 e. The number of hydrogen-bond acceptors (Lipinski definition) is 8. The number of halogens is 6. The fourth-order valence-electron chi connectivity index (χ4n) is 5.92. The Kier molecular flexibility index (Phi) is 9.36. The van der Waals surface area contributed by atoms with E-state index in [1.807, 2.05) is 18.9 Å². The van der Waals surface area contributed by atoms with Crippen LogP contribution < -0.4 is 15.4 Å². The number of nitrogens with two attached hydrogens (primary N) is 1. The molecule has 3 aromatic rings. The van der Waals surface area contributed by atoms with Gasteiger partial charge in [0, 0.05) is 48.7 Å². The van der Waals surface area contributed by atoms with Gasteiger partial charge in [0.1, 0.15) is 18.2 Å². The molecule has 2 N–H and O–H groups in total. The van der Waals surface area contributed by atoms with Crippen molar-refractivity contribution < 1.29 is 31.5 Å². The number of rotatable bonds is 7. The summed E-state index contributed by atoms with van der Waals surface area (Å²) < 4.78 is 73.9. The number of alkyl halides is 5. The van der Waals surface area contributed by atoms with Gasteiger partial charge in [0.2, 0.25) is 5.91 Å². The molecule has 2 fully saturated rings. The van der Waals surface area contributed by atoms with Crippen molar-refractivity contribution in [1.29, 1.82) is 0 Å². The number of aryl methyl sites for hydroxylation is 1. The predicted octanol–water partition coefficient (Wildman–Crippen LogP) is 5.59. The van der Waals surface area contributed by atoms with E-state index in [9.17, 15) is 26.7 Å². The van der Waals surface area contributed by atoms with Crippen molar-refractivity contribution in [3.05, 3.63) is 46.5 Å². The highest BCUT2D eigenvalue weighted by Crippen LogP contribution is 2.43. The lowest BCUT2D eigenvalue weighted by atomic mass is 9.99. The molecule has 4 heterocycles. The first-order chi connectivity index (χ1) is 21.2. The summed E-state index contributed by atoms with van der Waals surface area (Å²) in [4.78, 5) is 31.3. The van der Waals surface area contributed by atoms with Gasteiger partial charge in [-0.3, -0.25) is 4.79 Å². The molecule has 5 rings (SSSR count). The number of allylic oxidation sites excluding steroid dienone is 1. The molecule has 45 heavy (non-hydrogen) atoms. The number of anilines is 2. The number of piperazine rings is 1. The molecule has 0 bridgehead atoms. The third-order valence-corrected chi connectivity index (χ3v) is 8.50. The van der Waals surface area contributed by atoms with Gasteiger partial charge in [-0.15, -0.1) is 0 Å². The first kappa shape index (κ1) is 32.6. The van der Waals surface area contributed by atoms with Gasteiger partial charge in [-0.1, -0.05) is 11.6 Å². The molecule has 0 radical (unpaired) electrons. The van der Waals surface area contributed by atoms with Crippen LogP contribution in [0.1, 0.15) is 30.9 Å². The third-order valence-electron chi connectivity index (χ3n) is 8.19. The van der Waals surface area contributed by atoms with Crippen LogP contribution in [0.2, 0.25) is 5.02 Å². The maximum Gasteiger partial charge on any atom is 0.418 e. The molecule has 2 aliphatic heterocycles. The summed E-state index contributed by atoms with van der Waals surface area (Å²) in [5, 5.41) is 0.433. The van der Waals surface area contributed by atoms with E-state index in [1.54, 1.807) is 0 Å². The molecule has 2 atom stereocenters. The number of likely N-dealkylation sites (N-methyl/N-ethyl adjacent to an activating group) is 1. The second-order valence-corrected chi connectivity index (χ2v) is 11.8. The number of carbonyl (C=O) groups excluding carboxylic acids is 1. The number of ether oxygens (including phenoxy) is 1. The number of nitrogens with zero attached hydrogens (tertiary/aromatic N) is 6. The zero-order valence-corrected chi connectivity index (χ0v) is 25.7. The highest BCUT2D eigenvalue weighted by atomic mass is 35.5. The van der Waals surface area contributed by atoms with Crippen LogP contribution in [0.15, 0.2) is 30.4 Å². The number of benzene rings is 1. The van der Waals surface area contributed by atoms with E-state index in [1.165, 1.54) is 24.0 Å². The van der Waals surface area contributed by atoms with Crippen molar-refractivity contribution >= 4 is 40.0 Å². The van der Waals surface area contributed by atoms with Crippen LogP contribution in [-0.4, -0.2) is 89.0 Å². The van der Waals surface area contributed by atoms with Crippen molar-refractivity contribution in [2.24, 2.45) is 0 Å². The monoisotopic (exact) mass is 653 g/mol. The first-order valence-corrected chi connectivity index (χ1v) is 14.8. The quantitative estimate of drug-likeness (QED) is 0.260. The summed E-state index contributed by atoms with van der Waals surface area (Å²) in [6.07, 6.45) is -4.10. The Balaban J connectivity index is 1.58. The molecule has 9 nitrogen and oxygen atoms in total. The summed E-state index contributed by atoms with van der Waals surface area (Å²) in [5.74, 6) is -0.208. The van der Waals surface area contributed by atoms with Crippen LogP contribution in [-0.2, 0) is 11.0 Å². The van der Waals surface area contributed by atoms with E-state index >= 15 is 0 Å². The number of hydrogen-bond donors (Lipinski definition) is 1. The Hall–Kier alpha value is -3.78. The topological polar surface area (TPSA) is 101 Å². The number of carbonyl (C=O) groups is 1. The lowest BCUT2D eigenvalue weighted by molar-refractivity contribution is -0.137. The molecule has 2 unspecified atom stereocenters. The fourth-order valence-corrected chi connectivity index (χ4v) is 6.17. The maximum atomic E-state index is 14.2. The number of aromatic nitrogens is 3. The number of fused-ring (bicyclic) bond motifs is 1. The highest BCUT2D eigenvalue weighted by Gasteiger charge is 2.38. The van der Waals surface area contributed by atoms with Crippen LogP contribution in [0.25, 0.3) is 22.2 Å². The van der Waals surface area contributed by atoms with Crippen molar-refractivity contribution in [2.75, 3.05) is 50.5 Å². The predicted molar refractivity (Wildman–Crippen MR) is 162 cm³/mol. The van der Waals surface area contributed by atoms with E-state index in [0.717, 1.165) is 31.5 Å². The van der Waals surface area contributed by atoms with Gasteiger partial charge in [-0.25, -0.2) is 13.8 Å². The van der Waals surface area contributed by atoms with Crippen LogP contribution in [0.5, 0.6) is 6.01 Å². The van der Waals surface area contributed by atoms with E-state index in [-0.39, 0.29) is 58.7 Å². The Labute approximate surface area is 261 Å². The molecule has 1 aromatic carbocycles. The minimum absolute atomic E-state index is 0.00713. The Morgan fingerprint density at radius 3 is 2.58 bits per heavy atom. The van der Waals surface area contributed by atoms with Gasteiger partial charge >= 0.3 is 12.2 Å². The molecular weight excluding hydrogens is 621 g/mol. The molecule has 2 saturated heterocycles. The van der Waals surface area contributed by atoms with Crippen LogP contribution in [0, 0.1) is 6.92 Å². The average Bonchev–Trinajstić information content (AvgIpc) is 3.37. The van der Waals surface area contributed by atoms with Crippen molar-refractivity contribution in [3.8, 4) is 17.3 Å². The van der Waals surface area contributed by atoms with Crippen LogP contribution in [0.3, 0.4) is 0 Å². The fraction of sp³-hybridized carbons (Fsp3) is 0.467. The third kappa shape index (κ3) is 7.06. The lowest BCUT2D eigenvalue weighted by Gasteiger charge is -2.40. The van der Waals surface area contributed by atoms with Crippen molar-refractivity contribution in [1.82, 2.24) is 24.8 Å². The molecule has 0 saturated carbocycles. The van der Waals surface area contributed by atoms with Crippen molar-refractivity contribution in [2.45, 2.75) is 51.4 Å². The number of amides is 1. The minimum Gasteiger partial charge on any atom is -0.462 e. The van der Waals surface area contributed by atoms with Gasteiger partial charge in [-0.05, 0) is 70.1 Å². The minimum atomic E-state index is -4.73. The van der Waals surface area contributed by atoms with Gasteiger partial charge in [0.05, 0.1) is 21.8 Å². The zero-order valence-electron chi connectivity index (χ0n) is 24.9. The molecule has 242 valence electrons. The second-order valence-electron chi connectivity index (χ2n) is 11.4. The van der Waals surface area contributed by atoms with Gasteiger partial charge in [0.25, 0.3) is 6.43 Å². The van der Waals surface area contributed by atoms with E-state index in [4.69, 9.17) is 27.1 Å². The van der Waals surface area contributed by atoms with Gasteiger partial charge < -0.3 is 25.2 Å². The summed E-state index contributed by atoms with van der Waals surface area (Å²) in [5.41, 5.74) is 4.66. The van der Waals surface area contributed by atoms with E-state index in [0.29, 0.717) is 30.4 Å². The van der Waals surface area contributed by atoms with Crippen LogP contribution >= 0.6 is 11.6 Å². The van der Waals surface area contributed by atoms with Gasteiger partial charge in [0.15, 0.2) is 0 Å². The molecular formula is C30H33ClF5N7O2. The summed E-state index contributed by atoms with van der Waals surface area (Å²) in [7, 11) is 2.00. The van der Waals surface area contributed by atoms with Crippen molar-refractivity contribution in [3.63, 3.8) is 0 Å². The smallest absolute Gasteiger partial charge is 0.418 e. The summed E-state index contributed by atoms with van der Waals surface area (Å²) in [6, 6.07) is 3.94. The lowest BCUT2D eigenvalue weighted by Crippen LogP contribution is -2.53. The second kappa shape index (κ2) is 12.9. The number of nitrogen functional groups attached to an aromatic ring is 1. The SMILES string of the molecule is Cc1cc(N)nc(-c2cc3nc(OCC4CCCN4C)nc(N4CCN(C(=O)/C=C/C(F)F)CC4C)c3cc2Cl)c1C(F)(F)F. The highest BCUT2D eigenvalue weighted by molar-refractivity contribution is 6.34. The Morgan fingerprint density at radius 1 is 1.18 bits per heavy atom. The standard InChI is InChI=1S/C30H33ClF5N7O2/c1-16-11-24(37)39-27(26(16)30(34,35)36)19-13-22-20(12-21(19)31)28(40-29(38-22)45-15-18-5-4-8-41(18)3)43-10-9-42(14-17(43)2)25(44)7-6-23(32)33/h6-7,11-13,17-18,23H,4-5,8-10,14-15H2,1-3H3,(H2,37,39)/b7-6+. The Morgan fingerprint density at radius 2 is 1.93 bits per heavy atom. The molecule has 15 heteroatoms. The first-order valence-electron chi connectivity index (χ1n) is 14.4. The summed E-state index contributed by atoms with van der Waals surface area (Å²) in [6.45, 7) is 5.13. The molecule has 0 aliphatic carbocycles. The van der Waals surface area contributed by atoms with Gasteiger partial charge in [-0.2, -0.15) is 23.1 Å². The summed E-state index contributed by atoms with van der Waals surface area (Å²) >= 11 is 6.66. The molecule has 2 aliphatic rings. The molecule has 0 spiro atoms. The average molecular weight is 654 g/mol. The van der Waals surface area contributed by atoms with E-state index < -0.39 is 29.8 Å². The molecule has 2 aromatic heterocycles. The number of pyridine rings is 1. The van der Waals surface area contributed by atoms with Crippen LogP contribution in [0.4, 0.5) is 33.6 Å².